The summed E-state index contributed by atoms with van der Waals surface area (Å²) in [4.78, 5) is 53.7. The van der Waals surface area contributed by atoms with E-state index in [1.165, 1.54) is 77.3 Å². The number of Topliss-reactive ketones (excluding diaryl/α,β-unsaturated/α-hetero) is 1. The molecule has 0 saturated heterocycles. The summed E-state index contributed by atoms with van der Waals surface area (Å²) in [6, 6.07) is 5.16. The maximum Gasteiger partial charge on any atom is 0.454 e. The first-order valence-electron chi connectivity index (χ1n) is 24.9. The fraction of sp³-hybridized carbons (Fsp3) is 0.808. The Morgan fingerprint density at radius 2 is 1.35 bits per heavy atom. The van der Waals surface area contributed by atoms with Gasteiger partial charge in [-0.05, 0) is 123 Å². The third-order valence-electron chi connectivity index (χ3n) is 16.5. The highest BCUT2D eigenvalue weighted by atomic mass is 19.4. The van der Waals surface area contributed by atoms with Gasteiger partial charge >= 0.3 is 18.1 Å². The molecule has 63 heavy (non-hydrogen) atoms. The second kappa shape index (κ2) is 22.9. The molecule has 0 radical (unpaired) electrons. The lowest BCUT2D eigenvalue weighted by atomic mass is 9.43. The molecule has 0 heterocycles. The zero-order chi connectivity index (χ0) is 46.0. The number of nitrogens with zero attached hydrogens (tertiary/aromatic N) is 1. The van der Waals surface area contributed by atoms with Crippen molar-refractivity contribution >= 4 is 23.6 Å². The van der Waals surface area contributed by atoms with Crippen LogP contribution in [0.15, 0.2) is 24.3 Å². The lowest BCUT2D eigenvalue weighted by Gasteiger charge is -2.64. The molecule has 0 aromatic heterocycles. The summed E-state index contributed by atoms with van der Waals surface area (Å²) in [5, 5.41) is 0. The van der Waals surface area contributed by atoms with Gasteiger partial charge in [-0.15, -0.1) is 0 Å². The van der Waals surface area contributed by atoms with Crippen molar-refractivity contribution in [3.63, 3.8) is 0 Å². The molecule has 11 heteroatoms. The Balaban J connectivity index is 1.30. The van der Waals surface area contributed by atoms with Gasteiger partial charge in [0.1, 0.15) is 18.0 Å². The summed E-state index contributed by atoms with van der Waals surface area (Å²) in [5.74, 6) is -0.835. The minimum absolute atomic E-state index is 0.0899. The second-order valence-electron chi connectivity index (χ2n) is 20.6. The van der Waals surface area contributed by atoms with Crippen molar-refractivity contribution in [1.29, 1.82) is 0 Å². The van der Waals surface area contributed by atoms with Crippen LogP contribution in [0.3, 0.4) is 0 Å². The van der Waals surface area contributed by atoms with E-state index in [2.05, 4.69) is 39.5 Å². The number of unbranched alkanes of at least 4 members (excludes halogenated alkanes) is 10. The summed E-state index contributed by atoms with van der Waals surface area (Å²) in [5.41, 5.74) is -0.926. The zero-order valence-electron chi connectivity index (χ0n) is 39.7. The minimum Gasteiger partial charge on any atom is -0.490 e. The first-order valence-corrected chi connectivity index (χ1v) is 24.9. The van der Waals surface area contributed by atoms with Crippen LogP contribution in [0.4, 0.5) is 13.2 Å². The van der Waals surface area contributed by atoms with Gasteiger partial charge in [-0.2, -0.15) is 13.2 Å². The number of esters is 2. The summed E-state index contributed by atoms with van der Waals surface area (Å²) < 4.78 is 58.1. The highest BCUT2D eigenvalue weighted by molar-refractivity contribution is 6.00. The number of alkyl halides is 3. The molecular weight excluding hydrogens is 808 g/mol. The molecule has 1 amide bonds. The molecule has 4 aliphatic carbocycles. The summed E-state index contributed by atoms with van der Waals surface area (Å²) >= 11 is 0. The Morgan fingerprint density at radius 3 is 1.92 bits per heavy atom. The van der Waals surface area contributed by atoms with Crippen molar-refractivity contribution in [3.8, 4) is 5.75 Å². The molecule has 0 N–H and O–H groups in total. The Kier molecular flexibility index (Phi) is 18.5. The maximum absolute atomic E-state index is 14.0. The number of carbonyl (C=O) groups is 4. The van der Waals surface area contributed by atoms with E-state index < -0.39 is 17.5 Å². The lowest BCUT2D eigenvalue weighted by molar-refractivity contribution is -0.223. The quantitative estimate of drug-likeness (QED) is 0.0613. The molecule has 0 spiro atoms. The fourth-order valence-corrected chi connectivity index (χ4v) is 13.2. The first kappa shape index (κ1) is 50.9. The molecule has 8 nitrogen and oxygen atoms in total. The van der Waals surface area contributed by atoms with Crippen molar-refractivity contribution in [3.05, 3.63) is 29.8 Å². The van der Waals surface area contributed by atoms with Gasteiger partial charge in [0.25, 0.3) is 5.78 Å². The third-order valence-corrected chi connectivity index (χ3v) is 16.5. The van der Waals surface area contributed by atoms with E-state index >= 15 is 0 Å². The number of amides is 1. The van der Waals surface area contributed by atoms with E-state index in [-0.39, 0.29) is 82.5 Å². The number of ketones is 1. The molecule has 4 aliphatic rings. The van der Waals surface area contributed by atoms with E-state index in [0.717, 1.165) is 83.0 Å². The van der Waals surface area contributed by atoms with E-state index in [1.54, 1.807) is 0 Å². The molecule has 11 atom stereocenters. The minimum atomic E-state index is -4.95. The van der Waals surface area contributed by atoms with Gasteiger partial charge in [-0.1, -0.05) is 98.8 Å². The average Bonchev–Trinajstić information content (AvgIpc) is 3.59. The molecule has 0 bridgehead atoms. The van der Waals surface area contributed by atoms with Crippen molar-refractivity contribution in [2.75, 3.05) is 13.1 Å². The van der Waals surface area contributed by atoms with Crippen LogP contribution < -0.4 is 4.74 Å². The molecule has 4 fully saturated rings. The number of hydrogen-bond donors (Lipinski definition) is 0. The average molecular weight is 888 g/mol. The molecule has 8 unspecified atom stereocenters. The van der Waals surface area contributed by atoms with Crippen LogP contribution in [-0.2, 0) is 23.9 Å². The van der Waals surface area contributed by atoms with Crippen LogP contribution in [0, 0.1) is 46.3 Å². The van der Waals surface area contributed by atoms with Crippen LogP contribution in [0.5, 0.6) is 5.75 Å². The van der Waals surface area contributed by atoms with Gasteiger partial charge < -0.3 is 19.1 Å². The Labute approximate surface area is 376 Å². The molecule has 4 saturated carbocycles. The van der Waals surface area contributed by atoms with E-state index in [1.807, 2.05) is 0 Å². The Bertz CT molecular complexity index is 1630. The number of hydrogen-bond acceptors (Lipinski definition) is 7. The molecular formula is C52H80F3NO7. The number of ether oxygens (including phenoxy) is 3. The van der Waals surface area contributed by atoms with Gasteiger partial charge in [0, 0.05) is 50.3 Å². The van der Waals surface area contributed by atoms with Crippen molar-refractivity contribution in [2.45, 2.75) is 208 Å². The standard InChI is InChI=1S/C52H80F3NO7/c1-8-10-12-14-16-18-30-56(31-19-17-15-13-11-9-2)47(59)27-20-35(3)42-25-26-43-48-44(34-46(51(42,43)7)62-37(5)58)50(6)29-28-41(32-39(50)33-45(48)61-36(4)57)63-40-23-21-38(22-24-40)49(60)52(53,54)55/h21-24,35,39,41-46,48H,8-20,25-34H2,1-7H3/t35-,39?,41?,42?,43?,44?,45?,46?,48?,50+,51-/m1/s1. The smallest absolute Gasteiger partial charge is 0.454 e. The van der Waals surface area contributed by atoms with Gasteiger partial charge in [-0.25, -0.2) is 0 Å². The Hall–Kier alpha value is -3.11. The number of fused-ring (bicyclic) bond motifs is 5. The van der Waals surface area contributed by atoms with Gasteiger partial charge in [-0.3, -0.25) is 19.2 Å². The molecule has 1 aromatic rings. The van der Waals surface area contributed by atoms with E-state index in [4.69, 9.17) is 14.2 Å². The van der Waals surface area contributed by atoms with E-state index in [0.29, 0.717) is 31.4 Å². The van der Waals surface area contributed by atoms with Crippen molar-refractivity contribution < 1.29 is 46.6 Å². The zero-order valence-corrected chi connectivity index (χ0v) is 39.7. The maximum atomic E-state index is 14.0. The summed E-state index contributed by atoms with van der Waals surface area (Å²) in [6.45, 7) is 16.1. The summed E-state index contributed by atoms with van der Waals surface area (Å²) in [6.07, 6.45) is 15.4. The SMILES string of the molecule is CCCCCCCCN(CCCCCCCC)C(=O)CC[C@@H](C)C1CCC2C3C(OC(C)=O)CC4CC(Oc5ccc(C(=O)C(F)(F)F)cc5)CC[C@]4(C)C3CC(OC(C)=O)[C@@]21C. The van der Waals surface area contributed by atoms with Crippen molar-refractivity contribution in [1.82, 2.24) is 4.90 Å². The van der Waals surface area contributed by atoms with Crippen LogP contribution >= 0.6 is 0 Å². The first-order chi connectivity index (χ1) is 29.9. The fourth-order valence-electron chi connectivity index (χ4n) is 13.2. The highest BCUT2D eigenvalue weighted by Gasteiger charge is 2.67. The van der Waals surface area contributed by atoms with E-state index in [9.17, 15) is 32.3 Å². The van der Waals surface area contributed by atoms with Crippen LogP contribution in [-0.4, -0.2) is 66.1 Å². The predicted molar refractivity (Wildman–Crippen MR) is 240 cm³/mol. The summed E-state index contributed by atoms with van der Waals surface area (Å²) in [7, 11) is 0. The largest absolute Gasteiger partial charge is 0.490 e. The van der Waals surface area contributed by atoms with Crippen LogP contribution in [0.25, 0.3) is 0 Å². The number of halogens is 3. The molecule has 5 rings (SSSR count). The number of rotatable bonds is 23. The van der Waals surface area contributed by atoms with Gasteiger partial charge in [0.15, 0.2) is 0 Å². The number of benzene rings is 1. The molecule has 0 aliphatic heterocycles. The third kappa shape index (κ3) is 12.6. The molecule has 356 valence electrons. The second-order valence-corrected chi connectivity index (χ2v) is 20.6. The van der Waals surface area contributed by atoms with Gasteiger partial charge in [0.05, 0.1) is 6.10 Å². The van der Waals surface area contributed by atoms with Crippen LogP contribution in [0.2, 0.25) is 0 Å². The molecule has 1 aromatic carbocycles. The number of carbonyl (C=O) groups excluding carboxylic acids is 4. The topological polar surface area (TPSA) is 99.2 Å². The van der Waals surface area contributed by atoms with Gasteiger partial charge in [0.2, 0.25) is 5.91 Å². The lowest BCUT2D eigenvalue weighted by Crippen LogP contribution is -2.63. The highest BCUT2D eigenvalue weighted by Crippen LogP contribution is 2.69. The predicted octanol–water partition coefficient (Wildman–Crippen LogP) is 12.9. The normalized spacial score (nSPS) is 30.6. The van der Waals surface area contributed by atoms with Crippen molar-refractivity contribution in [2.24, 2.45) is 46.3 Å². The Morgan fingerprint density at radius 1 is 0.762 bits per heavy atom. The van der Waals surface area contributed by atoms with Crippen LogP contribution in [0.1, 0.15) is 194 Å². The monoisotopic (exact) mass is 888 g/mol.